The average Bonchev–Trinajstić information content (AvgIpc) is 3.13. The predicted octanol–water partition coefficient (Wildman–Crippen LogP) is 4.37. The first-order valence-corrected chi connectivity index (χ1v) is 12.3. The maximum atomic E-state index is 13.5. The second-order valence-electron chi connectivity index (χ2n) is 8.92. The van der Waals surface area contributed by atoms with Gasteiger partial charge in [0.25, 0.3) is 5.91 Å². The van der Waals surface area contributed by atoms with Crippen molar-refractivity contribution in [2.75, 3.05) is 23.9 Å². The summed E-state index contributed by atoms with van der Waals surface area (Å²) in [7, 11) is 1.55. The molecule has 9 heteroatoms. The Kier molecular flexibility index (Phi) is 7.87. The lowest BCUT2D eigenvalue weighted by Crippen LogP contribution is -2.45. The number of ether oxygens (including phenoxy) is 2. The summed E-state index contributed by atoms with van der Waals surface area (Å²) in [6.07, 6.45) is 4.52. The zero-order valence-corrected chi connectivity index (χ0v) is 20.6. The van der Waals surface area contributed by atoms with Crippen LogP contribution in [0.25, 0.3) is 0 Å². The van der Waals surface area contributed by atoms with Gasteiger partial charge in [-0.25, -0.2) is 14.5 Å². The van der Waals surface area contributed by atoms with Crippen LogP contribution in [0.2, 0.25) is 0 Å². The smallest absolute Gasteiger partial charge is 0.338 e. The first-order chi connectivity index (χ1) is 17.4. The molecule has 2 aromatic carbocycles. The van der Waals surface area contributed by atoms with Crippen molar-refractivity contribution in [2.24, 2.45) is 0 Å². The van der Waals surface area contributed by atoms with Gasteiger partial charge >= 0.3 is 12.0 Å². The average molecular weight is 494 g/mol. The second-order valence-corrected chi connectivity index (χ2v) is 8.92. The summed E-state index contributed by atoms with van der Waals surface area (Å²) in [5.41, 5.74) is 1.31. The van der Waals surface area contributed by atoms with Crippen LogP contribution in [0.1, 0.15) is 55.8 Å². The van der Waals surface area contributed by atoms with E-state index in [0.717, 1.165) is 32.1 Å². The molecule has 0 aromatic heterocycles. The van der Waals surface area contributed by atoms with Crippen molar-refractivity contribution in [3.8, 4) is 5.75 Å². The molecule has 2 aliphatic rings. The molecule has 1 heterocycles. The minimum absolute atomic E-state index is 0.0832. The predicted molar refractivity (Wildman–Crippen MR) is 134 cm³/mol. The highest BCUT2D eigenvalue weighted by molar-refractivity contribution is 6.22. The van der Waals surface area contributed by atoms with E-state index < -0.39 is 23.9 Å². The second kappa shape index (κ2) is 11.2. The molecular formula is C27H31N3O6. The molecule has 1 unspecified atom stereocenters. The maximum Gasteiger partial charge on any atom is 0.338 e. The van der Waals surface area contributed by atoms with E-state index in [-0.39, 0.29) is 25.0 Å². The Morgan fingerprint density at radius 1 is 0.972 bits per heavy atom. The van der Waals surface area contributed by atoms with Crippen LogP contribution in [0.15, 0.2) is 48.5 Å². The van der Waals surface area contributed by atoms with Gasteiger partial charge < -0.3 is 19.7 Å². The molecule has 190 valence electrons. The first-order valence-electron chi connectivity index (χ1n) is 12.3. The van der Waals surface area contributed by atoms with Crippen molar-refractivity contribution in [1.82, 2.24) is 4.90 Å². The number of imide groups is 1. The number of nitrogens with one attached hydrogen (secondary N) is 1. The van der Waals surface area contributed by atoms with E-state index in [1.165, 1.54) is 4.90 Å². The molecule has 36 heavy (non-hydrogen) atoms. The molecule has 0 bridgehead atoms. The van der Waals surface area contributed by atoms with Crippen molar-refractivity contribution in [3.63, 3.8) is 0 Å². The van der Waals surface area contributed by atoms with Gasteiger partial charge in [-0.2, -0.15) is 0 Å². The topological polar surface area (TPSA) is 105 Å². The quantitative estimate of drug-likeness (QED) is 0.432. The number of anilines is 2. The standard InChI is InChI=1S/C27H31N3O6/c1-3-36-26(33)18-9-11-19(12-10-18)28-24(31)17-23-25(32)30(21-13-15-22(35-2)16-14-21)27(34)29(23)20-7-5-4-6-8-20/h9-16,20,23H,3-8,17H2,1-2H3,(H,28,31). The molecule has 0 spiro atoms. The van der Waals surface area contributed by atoms with Crippen LogP contribution in [0.5, 0.6) is 5.75 Å². The van der Waals surface area contributed by atoms with Crippen LogP contribution in [0.4, 0.5) is 16.2 Å². The molecule has 1 N–H and O–H groups in total. The molecular weight excluding hydrogens is 462 g/mol. The lowest BCUT2D eigenvalue weighted by atomic mass is 9.93. The summed E-state index contributed by atoms with van der Waals surface area (Å²) in [6, 6.07) is 11.7. The number of nitrogens with zero attached hydrogens (tertiary/aromatic N) is 2. The highest BCUT2D eigenvalue weighted by Gasteiger charge is 2.49. The molecule has 4 amide bonds. The van der Waals surface area contributed by atoms with Crippen molar-refractivity contribution in [2.45, 2.75) is 57.5 Å². The zero-order chi connectivity index (χ0) is 25.7. The Hall–Kier alpha value is -3.88. The summed E-state index contributed by atoms with van der Waals surface area (Å²) in [5, 5.41) is 2.78. The Morgan fingerprint density at radius 3 is 2.25 bits per heavy atom. The van der Waals surface area contributed by atoms with E-state index in [0.29, 0.717) is 22.7 Å². The van der Waals surface area contributed by atoms with Crippen molar-refractivity contribution < 1.29 is 28.7 Å². The molecule has 1 aliphatic heterocycles. The molecule has 1 saturated heterocycles. The van der Waals surface area contributed by atoms with Crippen LogP contribution >= 0.6 is 0 Å². The van der Waals surface area contributed by atoms with Gasteiger partial charge in [0.1, 0.15) is 11.8 Å². The number of benzene rings is 2. The van der Waals surface area contributed by atoms with Crippen LogP contribution in [-0.2, 0) is 14.3 Å². The molecule has 4 rings (SSSR count). The first kappa shape index (κ1) is 25.2. The summed E-state index contributed by atoms with van der Waals surface area (Å²) in [6.45, 7) is 2.00. The maximum absolute atomic E-state index is 13.5. The summed E-state index contributed by atoms with van der Waals surface area (Å²) in [5.74, 6) is -0.620. The number of esters is 1. The lowest BCUT2D eigenvalue weighted by Gasteiger charge is -2.33. The third-order valence-electron chi connectivity index (χ3n) is 6.61. The normalized spacial score (nSPS) is 18.3. The van der Waals surface area contributed by atoms with Crippen molar-refractivity contribution in [1.29, 1.82) is 0 Å². The lowest BCUT2D eigenvalue weighted by molar-refractivity contribution is -0.125. The van der Waals surface area contributed by atoms with E-state index in [9.17, 15) is 19.2 Å². The number of hydrogen-bond acceptors (Lipinski definition) is 6. The minimum atomic E-state index is -0.887. The van der Waals surface area contributed by atoms with E-state index in [4.69, 9.17) is 9.47 Å². The van der Waals surface area contributed by atoms with Gasteiger partial charge in [0.15, 0.2) is 0 Å². The fourth-order valence-electron chi connectivity index (χ4n) is 4.83. The number of amides is 4. The van der Waals surface area contributed by atoms with Gasteiger partial charge in [-0.3, -0.25) is 9.59 Å². The fourth-order valence-corrected chi connectivity index (χ4v) is 4.83. The number of methoxy groups -OCH3 is 1. The van der Waals surface area contributed by atoms with Crippen molar-refractivity contribution >= 4 is 35.2 Å². The summed E-state index contributed by atoms with van der Waals surface area (Å²) in [4.78, 5) is 54.6. The van der Waals surface area contributed by atoms with E-state index in [1.807, 2.05) is 0 Å². The van der Waals surface area contributed by atoms with Crippen LogP contribution in [-0.4, -0.2) is 54.5 Å². The molecule has 9 nitrogen and oxygen atoms in total. The van der Waals surface area contributed by atoms with E-state index >= 15 is 0 Å². The summed E-state index contributed by atoms with van der Waals surface area (Å²) < 4.78 is 10.2. The molecule has 2 fully saturated rings. The van der Waals surface area contributed by atoms with Crippen LogP contribution in [0, 0.1) is 0 Å². The highest BCUT2D eigenvalue weighted by Crippen LogP contribution is 2.34. The highest BCUT2D eigenvalue weighted by atomic mass is 16.5. The van der Waals surface area contributed by atoms with Crippen LogP contribution < -0.4 is 15.0 Å². The molecule has 0 radical (unpaired) electrons. The Balaban J connectivity index is 1.52. The SMILES string of the molecule is CCOC(=O)c1ccc(NC(=O)CC2C(=O)N(c3ccc(OC)cc3)C(=O)N2C2CCCCC2)cc1. The number of urea groups is 1. The third-order valence-corrected chi connectivity index (χ3v) is 6.61. The molecule has 2 aromatic rings. The number of rotatable bonds is 8. The number of hydrogen-bond donors (Lipinski definition) is 1. The molecule has 1 aliphatic carbocycles. The van der Waals surface area contributed by atoms with Crippen LogP contribution in [0.3, 0.4) is 0 Å². The fraction of sp³-hybridized carbons (Fsp3) is 0.407. The zero-order valence-electron chi connectivity index (χ0n) is 20.6. The number of carbonyl (C=O) groups excluding carboxylic acids is 4. The number of carbonyl (C=O) groups is 4. The monoisotopic (exact) mass is 493 g/mol. The third kappa shape index (κ3) is 5.35. The van der Waals surface area contributed by atoms with Crippen molar-refractivity contribution in [3.05, 3.63) is 54.1 Å². The Labute approximate surface area is 210 Å². The van der Waals surface area contributed by atoms with Gasteiger partial charge in [-0.1, -0.05) is 19.3 Å². The van der Waals surface area contributed by atoms with Gasteiger partial charge in [0.05, 0.1) is 31.4 Å². The minimum Gasteiger partial charge on any atom is -0.497 e. The summed E-state index contributed by atoms with van der Waals surface area (Å²) >= 11 is 0. The van der Waals surface area contributed by atoms with Gasteiger partial charge in [0, 0.05) is 11.7 Å². The van der Waals surface area contributed by atoms with Gasteiger partial charge in [-0.05, 0) is 68.3 Å². The Bertz CT molecular complexity index is 1110. The molecule has 1 saturated carbocycles. The largest absolute Gasteiger partial charge is 0.497 e. The van der Waals surface area contributed by atoms with E-state index in [2.05, 4.69) is 5.32 Å². The molecule has 1 atom stereocenters. The Morgan fingerprint density at radius 2 is 1.64 bits per heavy atom. The van der Waals surface area contributed by atoms with E-state index in [1.54, 1.807) is 67.5 Å². The van der Waals surface area contributed by atoms with Gasteiger partial charge in [0.2, 0.25) is 5.91 Å². The van der Waals surface area contributed by atoms with Gasteiger partial charge in [-0.15, -0.1) is 0 Å².